The van der Waals surface area contributed by atoms with E-state index >= 15 is 0 Å². The molecule has 2 aliphatic rings. The summed E-state index contributed by atoms with van der Waals surface area (Å²) in [5.41, 5.74) is 2.04. The first-order valence-corrected chi connectivity index (χ1v) is 9.20. The Morgan fingerprint density at radius 1 is 1.24 bits per heavy atom. The van der Waals surface area contributed by atoms with Gasteiger partial charge in [0.25, 0.3) is 0 Å². The van der Waals surface area contributed by atoms with E-state index in [0.29, 0.717) is 11.6 Å². The molecule has 0 amide bonds. The Morgan fingerprint density at radius 3 is 2.57 bits per heavy atom. The molecule has 122 valence electrons. The molecule has 2 rings (SSSR count). The van der Waals surface area contributed by atoms with Crippen LogP contribution in [0.1, 0.15) is 71.6 Å². The standard InChI is InChI=1S/C19H36N2/c1-5-20-18(17-10-8-6-7-9-11-17)19(21(3)4)14-12-16(2)13-15-19/h10,16,18,20H,5-9,11-15H2,1-4H3. The van der Waals surface area contributed by atoms with Gasteiger partial charge in [-0.2, -0.15) is 0 Å². The zero-order valence-corrected chi connectivity index (χ0v) is 14.8. The molecule has 0 aromatic heterocycles. The van der Waals surface area contributed by atoms with Crippen LogP contribution in [0.2, 0.25) is 0 Å². The highest BCUT2D eigenvalue weighted by Gasteiger charge is 2.43. The highest BCUT2D eigenvalue weighted by molar-refractivity contribution is 5.21. The van der Waals surface area contributed by atoms with E-state index in [9.17, 15) is 0 Å². The topological polar surface area (TPSA) is 15.3 Å². The highest BCUT2D eigenvalue weighted by atomic mass is 15.2. The van der Waals surface area contributed by atoms with Gasteiger partial charge in [0, 0.05) is 11.6 Å². The van der Waals surface area contributed by atoms with Crippen molar-refractivity contribution in [1.29, 1.82) is 0 Å². The molecule has 0 aromatic rings. The maximum atomic E-state index is 3.88. The summed E-state index contributed by atoms with van der Waals surface area (Å²) in [5, 5.41) is 3.88. The third-order valence-electron chi connectivity index (χ3n) is 5.92. The van der Waals surface area contributed by atoms with Crippen molar-refractivity contribution in [3.63, 3.8) is 0 Å². The Morgan fingerprint density at radius 2 is 1.95 bits per heavy atom. The first kappa shape index (κ1) is 17.0. The first-order chi connectivity index (χ1) is 10.1. The Kier molecular flexibility index (Phi) is 6.31. The van der Waals surface area contributed by atoms with E-state index < -0.39 is 0 Å². The molecule has 0 radical (unpaired) electrons. The van der Waals surface area contributed by atoms with Gasteiger partial charge in [-0.05, 0) is 77.9 Å². The van der Waals surface area contributed by atoms with Gasteiger partial charge in [0.1, 0.15) is 0 Å². The summed E-state index contributed by atoms with van der Waals surface area (Å²) >= 11 is 0. The molecule has 0 heterocycles. The number of allylic oxidation sites excluding steroid dienone is 1. The molecule has 2 aliphatic carbocycles. The van der Waals surface area contributed by atoms with Gasteiger partial charge in [-0.1, -0.05) is 31.9 Å². The van der Waals surface area contributed by atoms with Gasteiger partial charge < -0.3 is 10.2 Å². The second-order valence-corrected chi connectivity index (χ2v) is 7.55. The molecule has 0 bridgehead atoms. The number of hydrogen-bond donors (Lipinski definition) is 1. The van der Waals surface area contributed by atoms with Crippen LogP contribution < -0.4 is 5.32 Å². The van der Waals surface area contributed by atoms with Gasteiger partial charge in [-0.15, -0.1) is 0 Å². The number of rotatable bonds is 5. The van der Waals surface area contributed by atoms with Gasteiger partial charge in [-0.25, -0.2) is 0 Å². The lowest BCUT2D eigenvalue weighted by Gasteiger charge is -2.51. The lowest BCUT2D eigenvalue weighted by atomic mass is 9.69. The van der Waals surface area contributed by atoms with Crippen LogP contribution in [0.15, 0.2) is 11.6 Å². The maximum Gasteiger partial charge on any atom is 0.0466 e. The Hall–Kier alpha value is -0.340. The van der Waals surface area contributed by atoms with Gasteiger partial charge in [0.15, 0.2) is 0 Å². The SMILES string of the molecule is CCNC(C1=CCCCCC1)C1(N(C)C)CCC(C)CC1. The molecule has 0 spiro atoms. The number of nitrogens with zero attached hydrogens (tertiary/aromatic N) is 1. The van der Waals surface area contributed by atoms with Crippen molar-refractivity contribution < 1.29 is 0 Å². The summed E-state index contributed by atoms with van der Waals surface area (Å²) in [5.74, 6) is 0.906. The summed E-state index contributed by atoms with van der Waals surface area (Å²) < 4.78 is 0. The Bertz CT molecular complexity index is 337. The quantitative estimate of drug-likeness (QED) is 0.757. The van der Waals surface area contributed by atoms with Gasteiger partial charge in [-0.3, -0.25) is 0 Å². The second-order valence-electron chi connectivity index (χ2n) is 7.55. The van der Waals surface area contributed by atoms with E-state index in [1.54, 1.807) is 5.57 Å². The minimum absolute atomic E-state index is 0.332. The third-order valence-corrected chi connectivity index (χ3v) is 5.92. The van der Waals surface area contributed by atoms with Crippen molar-refractivity contribution in [3.8, 4) is 0 Å². The molecular weight excluding hydrogens is 256 g/mol. The molecular formula is C19H36N2. The molecule has 1 unspecified atom stereocenters. The predicted octanol–water partition coefficient (Wildman–Crippen LogP) is 4.37. The molecule has 0 aromatic carbocycles. The normalized spacial score (nSPS) is 32.6. The summed E-state index contributed by atoms with van der Waals surface area (Å²) in [6.07, 6.45) is 14.8. The molecule has 1 fully saturated rings. The Labute approximate surface area is 132 Å². The lowest BCUT2D eigenvalue weighted by Crippen LogP contribution is -2.61. The van der Waals surface area contributed by atoms with E-state index in [1.165, 1.54) is 57.8 Å². The van der Waals surface area contributed by atoms with Crippen LogP contribution in [0.3, 0.4) is 0 Å². The summed E-state index contributed by atoms with van der Waals surface area (Å²) in [6, 6.07) is 0.558. The molecule has 2 heteroatoms. The molecule has 0 aliphatic heterocycles. The van der Waals surface area contributed by atoms with Crippen LogP contribution in [-0.4, -0.2) is 37.1 Å². The number of hydrogen-bond acceptors (Lipinski definition) is 2. The third kappa shape index (κ3) is 3.90. The summed E-state index contributed by atoms with van der Waals surface area (Å²) in [4.78, 5) is 2.54. The van der Waals surface area contributed by atoms with Crippen molar-refractivity contribution in [2.24, 2.45) is 5.92 Å². The van der Waals surface area contributed by atoms with Crippen molar-refractivity contribution in [1.82, 2.24) is 10.2 Å². The van der Waals surface area contributed by atoms with Crippen molar-refractivity contribution in [2.45, 2.75) is 83.2 Å². The maximum absolute atomic E-state index is 3.88. The summed E-state index contributed by atoms with van der Waals surface area (Å²) in [6.45, 7) is 5.76. The molecule has 2 nitrogen and oxygen atoms in total. The smallest absolute Gasteiger partial charge is 0.0466 e. The minimum atomic E-state index is 0.332. The molecule has 1 N–H and O–H groups in total. The van der Waals surface area contributed by atoms with E-state index in [1.807, 2.05) is 0 Å². The van der Waals surface area contributed by atoms with Gasteiger partial charge in [0.05, 0.1) is 0 Å². The van der Waals surface area contributed by atoms with E-state index in [0.717, 1.165) is 12.5 Å². The highest BCUT2D eigenvalue weighted by Crippen LogP contribution is 2.41. The van der Waals surface area contributed by atoms with Crippen LogP contribution in [0.5, 0.6) is 0 Å². The van der Waals surface area contributed by atoms with Crippen molar-refractivity contribution >= 4 is 0 Å². The average molecular weight is 293 g/mol. The fourth-order valence-corrected chi connectivity index (χ4v) is 4.43. The first-order valence-electron chi connectivity index (χ1n) is 9.20. The summed E-state index contributed by atoms with van der Waals surface area (Å²) in [7, 11) is 4.61. The minimum Gasteiger partial charge on any atom is -0.309 e. The van der Waals surface area contributed by atoms with Crippen molar-refractivity contribution in [2.75, 3.05) is 20.6 Å². The Balaban J connectivity index is 2.25. The van der Waals surface area contributed by atoms with E-state index in [-0.39, 0.29) is 0 Å². The van der Waals surface area contributed by atoms with Gasteiger partial charge >= 0.3 is 0 Å². The molecule has 1 saturated carbocycles. The van der Waals surface area contributed by atoms with Crippen LogP contribution >= 0.6 is 0 Å². The second kappa shape index (κ2) is 7.78. The van der Waals surface area contributed by atoms with E-state index in [2.05, 4.69) is 44.2 Å². The largest absolute Gasteiger partial charge is 0.309 e. The fraction of sp³-hybridized carbons (Fsp3) is 0.895. The molecule has 1 atom stereocenters. The zero-order valence-electron chi connectivity index (χ0n) is 14.8. The van der Waals surface area contributed by atoms with Crippen LogP contribution in [0.25, 0.3) is 0 Å². The van der Waals surface area contributed by atoms with E-state index in [4.69, 9.17) is 0 Å². The number of nitrogens with one attached hydrogen (secondary N) is 1. The van der Waals surface area contributed by atoms with Crippen LogP contribution in [-0.2, 0) is 0 Å². The van der Waals surface area contributed by atoms with Crippen molar-refractivity contribution in [3.05, 3.63) is 11.6 Å². The van der Waals surface area contributed by atoms with Crippen LogP contribution in [0.4, 0.5) is 0 Å². The molecule has 0 saturated heterocycles. The average Bonchev–Trinajstić information content (AvgIpc) is 2.75. The van der Waals surface area contributed by atoms with Gasteiger partial charge in [0.2, 0.25) is 0 Å². The zero-order chi connectivity index (χ0) is 15.3. The predicted molar refractivity (Wildman–Crippen MR) is 92.7 cm³/mol. The monoisotopic (exact) mass is 292 g/mol. The van der Waals surface area contributed by atoms with Crippen LogP contribution in [0, 0.1) is 5.92 Å². The lowest BCUT2D eigenvalue weighted by molar-refractivity contribution is 0.0547. The molecule has 21 heavy (non-hydrogen) atoms. The fourth-order valence-electron chi connectivity index (χ4n) is 4.43. The number of likely N-dealkylation sites (N-methyl/N-ethyl adjacent to an activating group) is 2.